The molecule has 5 rings (SSSR count). The summed E-state index contributed by atoms with van der Waals surface area (Å²) in [5, 5.41) is 0. The smallest absolute Gasteiger partial charge is 0.201 e. The minimum absolute atomic E-state index is 0.0193. The Hall–Kier alpha value is -0.530. The van der Waals surface area contributed by atoms with Crippen molar-refractivity contribution < 1.29 is 28.8 Å². The second kappa shape index (κ2) is 5.23. The van der Waals surface area contributed by atoms with Gasteiger partial charge in [-0.1, -0.05) is 13.8 Å². The molecule has 23 heavy (non-hydrogen) atoms. The van der Waals surface area contributed by atoms with E-state index >= 15 is 0 Å². The minimum atomic E-state index is -0.822. The highest BCUT2D eigenvalue weighted by molar-refractivity contribution is 5.82. The molecule has 8 atom stereocenters. The predicted molar refractivity (Wildman–Crippen MR) is 78.8 cm³/mol. The first kappa shape index (κ1) is 16.0. The molecule has 0 aromatic carbocycles. The predicted octanol–water partition coefficient (Wildman–Crippen LogP) is 2.41. The van der Waals surface area contributed by atoms with Crippen LogP contribution in [0, 0.1) is 23.7 Å². The Morgan fingerprint density at radius 2 is 2.04 bits per heavy atom. The highest BCUT2D eigenvalue weighted by atomic mass is 17.3. The van der Waals surface area contributed by atoms with Crippen LogP contribution in [0.3, 0.4) is 0 Å². The van der Waals surface area contributed by atoms with Gasteiger partial charge in [0.25, 0.3) is 0 Å². The molecule has 0 aromatic rings. The molecule has 6 nitrogen and oxygen atoms in total. The first-order chi connectivity index (χ1) is 10.9. The lowest BCUT2D eigenvalue weighted by molar-refractivity contribution is -0.575. The molecular weight excluding hydrogens is 300 g/mol. The van der Waals surface area contributed by atoms with Crippen molar-refractivity contribution in [3.63, 3.8) is 0 Å². The number of carbonyl (C=O) groups is 1. The number of carbonyl (C=O) groups excluding carboxylic acids is 1. The number of ketones is 1. The zero-order valence-electron chi connectivity index (χ0n) is 14.2. The molecular formula is C17H26O6. The van der Waals surface area contributed by atoms with Gasteiger partial charge in [-0.2, -0.15) is 0 Å². The largest absolute Gasteiger partial charge is 0.353 e. The molecule has 5 aliphatic rings. The summed E-state index contributed by atoms with van der Waals surface area (Å²) < 4.78 is 18.1. The molecule has 0 unspecified atom stereocenters. The van der Waals surface area contributed by atoms with E-state index in [1.165, 1.54) is 0 Å². The van der Waals surface area contributed by atoms with Gasteiger partial charge in [-0.05, 0) is 20.3 Å². The summed E-state index contributed by atoms with van der Waals surface area (Å²) in [5.41, 5.74) is -0.712. The van der Waals surface area contributed by atoms with Gasteiger partial charge in [0, 0.05) is 43.1 Å². The summed E-state index contributed by atoms with van der Waals surface area (Å²) in [6.45, 7) is 8.44. The first-order valence-electron chi connectivity index (χ1n) is 8.75. The number of fused-ring (bicyclic) bond motifs is 2. The summed E-state index contributed by atoms with van der Waals surface area (Å²) in [6, 6.07) is 0. The maximum absolute atomic E-state index is 12.6. The summed E-state index contributed by atoms with van der Waals surface area (Å²) in [4.78, 5) is 24.3. The Morgan fingerprint density at radius 1 is 1.26 bits per heavy atom. The average molecular weight is 326 g/mol. The van der Waals surface area contributed by atoms with Crippen molar-refractivity contribution in [2.24, 2.45) is 23.7 Å². The summed E-state index contributed by atoms with van der Waals surface area (Å²) in [5.74, 6) is -0.520. The Kier molecular flexibility index (Phi) is 3.63. The van der Waals surface area contributed by atoms with Crippen molar-refractivity contribution in [1.82, 2.24) is 0 Å². The lowest BCUT2D eigenvalue weighted by Gasteiger charge is -2.59. The standard InChI is InChI=1S/C17H26O6/c1-5-19-14-10(3)12-8-13(18)9(2)11-6-7-16(4)21-15(20-14)17(11,12)23-22-16/h9-12,14-15H,5-8H2,1-4H3/t9-,10+,11-,12-,14-,15+,16+,17+/m0/s1. The van der Waals surface area contributed by atoms with Gasteiger partial charge in [0.15, 0.2) is 18.2 Å². The van der Waals surface area contributed by atoms with E-state index < -0.39 is 17.7 Å². The molecule has 6 heteroatoms. The number of hydrogen-bond donors (Lipinski definition) is 0. The highest BCUT2D eigenvalue weighted by Crippen LogP contribution is 2.59. The monoisotopic (exact) mass is 326 g/mol. The third-order valence-corrected chi connectivity index (χ3v) is 6.34. The minimum Gasteiger partial charge on any atom is -0.353 e. The molecule has 4 saturated heterocycles. The molecule has 0 radical (unpaired) electrons. The van der Waals surface area contributed by atoms with Crippen LogP contribution in [0.5, 0.6) is 0 Å². The molecule has 4 aliphatic heterocycles. The van der Waals surface area contributed by atoms with Gasteiger partial charge in [0.2, 0.25) is 5.79 Å². The zero-order chi connectivity index (χ0) is 16.4. The quantitative estimate of drug-likeness (QED) is 0.726. The normalized spacial score (nSPS) is 55.4. The molecule has 1 spiro atoms. The number of Topliss-reactive ketones (excluding diaryl/α,β-unsaturated/α-hetero) is 1. The third kappa shape index (κ3) is 2.09. The van der Waals surface area contributed by atoms with E-state index in [1.807, 2.05) is 20.8 Å². The Labute approximate surface area is 136 Å². The van der Waals surface area contributed by atoms with Crippen LogP contribution in [0.25, 0.3) is 0 Å². The van der Waals surface area contributed by atoms with Gasteiger partial charge in [-0.25, -0.2) is 9.78 Å². The van der Waals surface area contributed by atoms with Crippen LogP contribution in [0.4, 0.5) is 0 Å². The van der Waals surface area contributed by atoms with Crippen molar-refractivity contribution in [3.8, 4) is 0 Å². The van der Waals surface area contributed by atoms with E-state index in [0.717, 1.165) is 6.42 Å². The van der Waals surface area contributed by atoms with Crippen LogP contribution >= 0.6 is 0 Å². The zero-order valence-corrected chi connectivity index (χ0v) is 14.2. The van der Waals surface area contributed by atoms with E-state index in [0.29, 0.717) is 25.2 Å². The summed E-state index contributed by atoms with van der Waals surface area (Å²) >= 11 is 0. The van der Waals surface area contributed by atoms with E-state index in [2.05, 4.69) is 6.92 Å². The van der Waals surface area contributed by atoms with Gasteiger partial charge in [0.05, 0.1) is 0 Å². The highest BCUT2D eigenvalue weighted by Gasteiger charge is 2.70. The van der Waals surface area contributed by atoms with Crippen LogP contribution < -0.4 is 0 Å². The number of hydrogen-bond acceptors (Lipinski definition) is 6. The van der Waals surface area contributed by atoms with Gasteiger partial charge < -0.3 is 14.2 Å². The van der Waals surface area contributed by atoms with Crippen LogP contribution in [0.1, 0.15) is 47.0 Å². The topological polar surface area (TPSA) is 63.2 Å². The molecule has 0 amide bonds. The lowest BCUT2D eigenvalue weighted by Crippen LogP contribution is -2.71. The SMILES string of the molecule is CCO[C@H]1O[C@@H]2O[C@@]3(C)CC[C@H]4[C@H](C)C(=O)C[C@@H]([C@H]1C)[C@@]24OO3. The van der Waals surface area contributed by atoms with Crippen molar-refractivity contribution in [1.29, 1.82) is 0 Å². The Bertz CT molecular complexity index is 509. The average Bonchev–Trinajstić information content (AvgIpc) is 2.74. The fourth-order valence-corrected chi connectivity index (χ4v) is 4.98. The van der Waals surface area contributed by atoms with E-state index in [1.54, 1.807) is 0 Å². The Morgan fingerprint density at radius 3 is 2.78 bits per heavy atom. The van der Waals surface area contributed by atoms with Gasteiger partial charge in [-0.15, -0.1) is 0 Å². The molecule has 0 N–H and O–H groups in total. The summed E-state index contributed by atoms with van der Waals surface area (Å²) in [6.07, 6.45) is 1.06. The summed E-state index contributed by atoms with van der Waals surface area (Å²) in [7, 11) is 0. The third-order valence-electron chi connectivity index (χ3n) is 6.34. The number of rotatable bonds is 2. The van der Waals surface area contributed by atoms with Gasteiger partial charge >= 0.3 is 0 Å². The second-order valence-electron chi connectivity index (χ2n) is 7.63. The Balaban J connectivity index is 1.79. The molecule has 4 heterocycles. The van der Waals surface area contributed by atoms with Gasteiger partial charge in [-0.3, -0.25) is 4.79 Å². The number of ether oxygens (including phenoxy) is 3. The van der Waals surface area contributed by atoms with Crippen LogP contribution in [-0.4, -0.2) is 36.4 Å². The molecule has 2 bridgehead atoms. The first-order valence-corrected chi connectivity index (χ1v) is 8.75. The molecule has 1 aliphatic carbocycles. The van der Waals surface area contributed by atoms with E-state index in [-0.39, 0.29) is 30.0 Å². The lowest BCUT2D eigenvalue weighted by atomic mass is 9.57. The molecule has 130 valence electrons. The molecule has 1 saturated carbocycles. The second-order valence-corrected chi connectivity index (χ2v) is 7.63. The van der Waals surface area contributed by atoms with E-state index in [9.17, 15) is 4.79 Å². The van der Waals surface area contributed by atoms with Crippen molar-refractivity contribution in [2.45, 2.75) is 70.9 Å². The van der Waals surface area contributed by atoms with Crippen LogP contribution in [-0.2, 0) is 28.8 Å². The van der Waals surface area contributed by atoms with Crippen molar-refractivity contribution in [3.05, 3.63) is 0 Å². The van der Waals surface area contributed by atoms with Crippen LogP contribution in [0.2, 0.25) is 0 Å². The molecule has 0 aromatic heterocycles. The maximum Gasteiger partial charge on any atom is 0.201 e. The molecule has 5 fully saturated rings. The van der Waals surface area contributed by atoms with Crippen molar-refractivity contribution in [2.75, 3.05) is 6.61 Å². The van der Waals surface area contributed by atoms with Gasteiger partial charge in [0.1, 0.15) is 5.78 Å². The van der Waals surface area contributed by atoms with Crippen LogP contribution in [0.15, 0.2) is 0 Å². The fraction of sp³-hybridized carbons (Fsp3) is 0.941. The fourth-order valence-electron chi connectivity index (χ4n) is 4.98. The van der Waals surface area contributed by atoms with Crippen molar-refractivity contribution >= 4 is 5.78 Å². The maximum atomic E-state index is 12.6. The van der Waals surface area contributed by atoms with E-state index in [4.69, 9.17) is 24.0 Å².